The maximum atomic E-state index is 5.47. The number of anilines is 4. The lowest BCUT2D eigenvalue weighted by molar-refractivity contribution is 0.121. The maximum absolute atomic E-state index is 5.47. The van der Waals surface area contributed by atoms with Crippen LogP contribution in [0.5, 0.6) is 0 Å². The molecule has 0 saturated carbocycles. The van der Waals surface area contributed by atoms with Crippen molar-refractivity contribution in [2.75, 3.05) is 67.7 Å². The number of benzene rings is 1. The van der Waals surface area contributed by atoms with Gasteiger partial charge in [-0.2, -0.15) is 15.0 Å². The smallest absolute Gasteiger partial charge is 0.233 e. The Hall–Kier alpha value is -2.34. The molecule has 2 fully saturated rings. The summed E-state index contributed by atoms with van der Waals surface area (Å²) in [4.78, 5) is 21.6. The van der Waals surface area contributed by atoms with Crippen molar-refractivity contribution in [1.29, 1.82) is 0 Å². The van der Waals surface area contributed by atoms with Crippen LogP contribution in [0.1, 0.15) is 0 Å². The number of fused-ring (bicyclic) bond motifs is 1. The summed E-state index contributed by atoms with van der Waals surface area (Å²) in [6, 6.07) is 6.06. The van der Waals surface area contributed by atoms with Crippen LogP contribution in [0.25, 0.3) is 10.2 Å². The zero-order valence-corrected chi connectivity index (χ0v) is 17.4. The third kappa shape index (κ3) is 4.17. The molecule has 0 spiro atoms. The molecule has 152 valence electrons. The van der Waals surface area contributed by atoms with Gasteiger partial charge in [0.15, 0.2) is 3.95 Å². The van der Waals surface area contributed by atoms with E-state index in [9.17, 15) is 0 Å². The second kappa shape index (κ2) is 8.19. The molecule has 2 aliphatic rings. The van der Waals surface area contributed by atoms with Crippen molar-refractivity contribution in [3.05, 3.63) is 22.2 Å². The van der Waals surface area contributed by atoms with E-state index in [0.29, 0.717) is 44.3 Å². The number of rotatable bonds is 4. The first kappa shape index (κ1) is 18.7. The Morgan fingerprint density at radius 1 is 0.931 bits per heavy atom. The van der Waals surface area contributed by atoms with Gasteiger partial charge in [-0.25, -0.2) is 0 Å². The van der Waals surface area contributed by atoms with E-state index in [4.69, 9.17) is 26.7 Å². The zero-order valence-electron chi connectivity index (χ0n) is 15.8. The Kier molecular flexibility index (Phi) is 5.27. The minimum Gasteiger partial charge on any atom is -0.378 e. The van der Waals surface area contributed by atoms with E-state index in [1.54, 1.807) is 11.3 Å². The number of morpholine rings is 2. The van der Waals surface area contributed by atoms with Gasteiger partial charge in [-0.3, -0.25) is 0 Å². The zero-order chi connectivity index (χ0) is 19.6. The van der Waals surface area contributed by atoms with Crippen molar-refractivity contribution in [2.24, 2.45) is 0 Å². The molecule has 5 rings (SSSR count). The average Bonchev–Trinajstić information content (AvgIpc) is 3.14. The molecule has 0 unspecified atom stereocenters. The minimum atomic E-state index is 0.529. The van der Waals surface area contributed by atoms with E-state index in [0.717, 1.165) is 46.0 Å². The lowest BCUT2D eigenvalue weighted by Crippen LogP contribution is -2.40. The topological polar surface area (TPSA) is 91.4 Å². The van der Waals surface area contributed by atoms with E-state index in [2.05, 4.69) is 36.1 Å². The van der Waals surface area contributed by atoms with E-state index in [1.165, 1.54) is 0 Å². The number of hydrogen-bond donors (Lipinski definition) is 2. The van der Waals surface area contributed by atoms with Crippen LogP contribution in [0.15, 0.2) is 18.2 Å². The van der Waals surface area contributed by atoms with Crippen LogP contribution in [0.2, 0.25) is 0 Å². The van der Waals surface area contributed by atoms with Crippen LogP contribution >= 0.6 is 23.6 Å². The number of thiazole rings is 1. The van der Waals surface area contributed by atoms with Gasteiger partial charge in [0.25, 0.3) is 0 Å². The van der Waals surface area contributed by atoms with Gasteiger partial charge in [-0.1, -0.05) is 0 Å². The molecule has 0 bridgehead atoms. The fourth-order valence-electron chi connectivity index (χ4n) is 3.37. The molecule has 2 aliphatic heterocycles. The van der Waals surface area contributed by atoms with Crippen molar-refractivity contribution >= 4 is 57.3 Å². The Morgan fingerprint density at radius 2 is 1.55 bits per heavy atom. The summed E-state index contributed by atoms with van der Waals surface area (Å²) in [7, 11) is 0. The van der Waals surface area contributed by atoms with Crippen LogP contribution in [0.3, 0.4) is 0 Å². The molecule has 2 saturated heterocycles. The molecule has 0 aliphatic carbocycles. The van der Waals surface area contributed by atoms with Gasteiger partial charge in [0.1, 0.15) is 0 Å². The number of ether oxygens (including phenoxy) is 2. The predicted molar refractivity (Wildman–Crippen MR) is 116 cm³/mol. The van der Waals surface area contributed by atoms with Gasteiger partial charge in [0.2, 0.25) is 17.8 Å². The summed E-state index contributed by atoms with van der Waals surface area (Å²) >= 11 is 6.79. The first-order chi connectivity index (χ1) is 14.2. The van der Waals surface area contributed by atoms with Gasteiger partial charge in [0.05, 0.1) is 36.6 Å². The number of hydrogen-bond acceptors (Lipinski definition) is 10. The lowest BCUT2D eigenvalue weighted by Gasteiger charge is -2.30. The number of aromatic amines is 1. The van der Waals surface area contributed by atoms with Crippen molar-refractivity contribution in [1.82, 2.24) is 19.9 Å². The molecule has 0 amide bonds. The summed E-state index contributed by atoms with van der Waals surface area (Å²) in [5, 5.41) is 3.34. The fraction of sp³-hybridized carbons (Fsp3) is 0.444. The summed E-state index contributed by atoms with van der Waals surface area (Å²) in [5.41, 5.74) is 1.94. The minimum absolute atomic E-state index is 0.529. The number of nitrogens with one attached hydrogen (secondary N) is 2. The third-order valence-electron chi connectivity index (χ3n) is 4.88. The quantitative estimate of drug-likeness (QED) is 0.605. The molecule has 3 aromatic rings. The highest BCUT2D eigenvalue weighted by Crippen LogP contribution is 2.26. The maximum Gasteiger partial charge on any atom is 0.233 e. The summed E-state index contributed by atoms with van der Waals surface area (Å²) in [6.07, 6.45) is 0. The van der Waals surface area contributed by atoms with Crippen molar-refractivity contribution in [3.8, 4) is 0 Å². The molecule has 1 aromatic carbocycles. The van der Waals surface area contributed by atoms with Gasteiger partial charge >= 0.3 is 0 Å². The molecule has 9 nitrogen and oxygen atoms in total. The molecular weight excluding hydrogens is 410 g/mol. The Morgan fingerprint density at radius 3 is 2.17 bits per heavy atom. The summed E-state index contributed by atoms with van der Waals surface area (Å²) in [6.45, 7) is 5.78. The largest absolute Gasteiger partial charge is 0.378 e. The predicted octanol–water partition coefficient (Wildman–Crippen LogP) is 2.56. The number of nitrogens with zero attached hydrogens (tertiary/aromatic N) is 5. The Balaban J connectivity index is 1.48. The van der Waals surface area contributed by atoms with Crippen LogP contribution < -0.4 is 15.1 Å². The van der Waals surface area contributed by atoms with E-state index in [1.807, 2.05) is 12.1 Å². The molecule has 11 heteroatoms. The first-order valence-corrected chi connectivity index (χ1v) is 10.8. The number of aromatic nitrogens is 4. The second-order valence-electron chi connectivity index (χ2n) is 6.81. The van der Waals surface area contributed by atoms with Crippen molar-refractivity contribution < 1.29 is 9.47 Å². The highest BCUT2D eigenvalue weighted by atomic mass is 32.1. The molecule has 2 aromatic heterocycles. The first-order valence-electron chi connectivity index (χ1n) is 9.56. The molecular formula is C18H21N7O2S2. The highest BCUT2D eigenvalue weighted by Gasteiger charge is 2.20. The third-order valence-corrected chi connectivity index (χ3v) is 6.07. The van der Waals surface area contributed by atoms with Crippen LogP contribution in [-0.2, 0) is 9.47 Å². The summed E-state index contributed by atoms with van der Waals surface area (Å²) < 4.78 is 12.8. The highest BCUT2D eigenvalue weighted by molar-refractivity contribution is 7.73. The molecule has 0 atom stereocenters. The van der Waals surface area contributed by atoms with Gasteiger partial charge < -0.3 is 29.6 Å². The van der Waals surface area contributed by atoms with Gasteiger partial charge in [-0.15, -0.1) is 11.3 Å². The van der Waals surface area contributed by atoms with E-state index in [-0.39, 0.29) is 0 Å². The van der Waals surface area contributed by atoms with Crippen molar-refractivity contribution in [3.63, 3.8) is 0 Å². The van der Waals surface area contributed by atoms with E-state index < -0.39 is 0 Å². The van der Waals surface area contributed by atoms with E-state index >= 15 is 0 Å². The molecule has 4 heterocycles. The molecule has 0 radical (unpaired) electrons. The molecule has 29 heavy (non-hydrogen) atoms. The second-order valence-corrected chi connectivity index (χ2v) is 8.53. The van der Waals surface area contributed by atoms with Crippen LogP contribution in [-0.4, -0.2) is 72.5 Å². The Labute approximate surface area is 176 Å². The summed E-state index contributed by atoms with van der Waals surface area (Å²) in [5.74, 6) is 1.87. The van der Waals surface area contributed by atoms with Crippen LogP contribution in [0.4, 0.5) is 23.5 Å². The lowest BCUT2D eigenvalue weighted by atomic mass is 10.3. The number of H-pyrrole nitrogens is 1. The van der Waals surface area contributed by atoms with Crippen molar-refractivity contribution in [2.45, 2.75) is 0 Å². The SMILES string of the molecule is S=c1[nH]c2ccc(Nc3nc(N4CCOCC4)nc(N4CCOCC4)n3)cc2s1. The van der Waals surface area contributed by atoms with Gasteiger partial charge in [-0.05, 0) is 30.4 Å². The Bertz CT molecular complexity index is 1020. The average molecular weight is 432 g/mol. The normalized spacial score (nSPS) is 17.7. The molecule has 2 N–H and O–H groups in total. The van der Waals surface area contributed by atoms with Crippen LogP contribution in [0, 0.1) is 3.95 Å². The monoisotopic (exact) mass is 431 g/mol. The van der Waals surface area contributed by atoms with Gasteiger partial charge in [0, 0.05) is 31.9 Å². The fourth-order valence-corrected chi connectivity index (χ4v) is 4.53. The standard InChI is InChI=1S/C18H21N7O2S2/c28-18-20-13-2-1-12(11-14(13)29-18)19-15-21-16(24-3-7-26-8-4-24)23-17(22-15)25-5-9-27-10-6-25/h1-2,11H,3-10H2,(H,20,28)(H,19,21,22,23).